The van der Waals surface area contributed by atoms with E-state index < -0.39 is 0 Å². The third-order valence-electron chi connectivity index (χ3n) is 2.93. The number of carbonyl (C=O) groups is 1. The molecule has 0 radical (unpaired) electrons. The zero-order valence-electron chi connectivity index (χ0n) is 11.8. The molecular formula is C15H24N2O2. The maximum absolute atomic E-state index is 11.6. The van der Waals surface area contributed by atoms with Gasteiger partial charge in [-0.1, -0.05) is 19.1 Å². The molecule has 1 rings (SSSR count). The van der Waals surface area contributed by atoms with Crippen LogP contribution in [0.25, 0.3) is 0 Å². The second kappa shape index (κ2) is 8.53. The van der Waals surface area contributed by atoms with E-state index in [-0.39, 0.29) is 5.91 Å². The van der Waals surface area contributed by atoms with Gasteiger partial charge < -0.3 is 15.8 Å². The van der Waals surface area contributed by atoms with Crippen LogP contribution in [-0.2, 0) is 11.2 Å². The van der Waals surface area contributed by atoms with Crippen LogP contribution in [-0.4, -0.2) is 25.6 Å². The molecule has 106 valence electrons. The average Bonchev–Trinajstić information content (AvgIpc) is 2.44. The summed E-state index contributed by atoms with van der Waals surface area (Å²) in [5.74, 6) is 1.27. The van der Waals surface area contributed by atoms with Crippen LogP contribution in [0.4, 0.5) is 0 Å². The molecule has 0 aliphatic carbocycles. The van der Waals surface area contributed by atoms with Gasteiger partial charge in [0.05, 0.1) is 6.61 Å². The maximum Gasteiger partial charge on any atom is 0.220 e. The lowest BCUT2D eigenvalue weighted by Crippen LogP contribution is -2.31. The molecule has 19 heavy (non-hydrogen) atoms. The zero-order chi connectivity index (χ0) is 14.1. The number of nitrogens with two attached hydrogens (primary N) is 1. The van der Waals surface area contributed by atoms with Crippen LogP contribution in [0.3, 0.4) is 0 Å². The third kappa shape index (κ3) is 6.25. The minimum absolute atomic E-state index is 0.0779. The predicted molar refractivity (Wildman–Crippen MR) is 77.2 cm³/mol. The molecule has 1 amide bonds. The first-order chi connectivity index (χ1) is 9.15. The van der Waals surface area contributed by atoms with Gasteiger partial charge in [-0.05, 0) is 43.5 Å². The standard InChI is InChI=1S/C15H24N2O2/c1-3-19-14-7-4-13(5-8-14)6-9-15(18)17-11-12(2)10-16/h4-5,7-8,12H,3,6,9-11,16H2,1-2H3,(H,17,18). The number of ether oxygens (including phenoxy) is 1. The van der Waals surface area contributed by atoms with E-state index in [1.165, 1.54) is 0 Å². The SMILES string of the molecule is CCOc1ccc(CCC(=O)NCC(C)CN)cc1. The van der Waals surface area contributed by atoms with Gasteiger partial charge in [0.25, 0.3) is 0 Å². The molecule has 0 bridgehead atoms. The monoisotopic (exact) mass is 264 g/mol. The van der Waals surface area contributed by atoms with Crippen molar-refractivity contribution in [3.05, 3.63) is 29.8 Å². The summed E-state index contributed by atoms with van der Waals surface area (Å²) in [6.07, 6.45) is 1.25. The Morgan fingerprint density at radius 1 is 1.37 bits per heavy atom. The third-order valence-corrected chi connectivity index (χ3v) is 2.93. The summed E-state index contributed by atoms with van der Waals surface area (Å²) in [6, 6.07) is 7.88. The number of amides is 1. The highest BCUT2D eigenvalue weighted by molar-refractivity contribution is 5.76. The number of aryl methyl sites for hydroxylation is 1. The molecule has 3 N–H and O–H groups in total. The van der Waals surface area contributed by atoms with Crippen molar-refractivity contribution in [1.29, 1.82) is 0 Å². The minimum Gasteiger partial charge on any atom is -0.494 e. The Balaban J connectivity index is 2.29. The summed E-state index contributed by atoms with van der Waals surface area (Å²) in [5.41, 5.74) is 6.64. The molecule has 0 fully saturated rings. The van der Waals surface area contributed by atoms with E-state index in [1.54, 1.807) is 0 Å². The quantitative estimate of drug-likeness (QED) is 0.751. The van der Waals surface area contributed by atoms with Gasteiger partial charge in [-0.15, -0.1) is 0 Å². The van der Waals surface area contributed by atoms with Crippen molar-refractivity contribution in [3.8, 4) is 5.75 Å². The summed E-state index contributed by atoms with van der Waals surface area (Å²) in [4.78, 5) is 11.6. The van der Waals surface area contributed by atoms with E-state index >= 15 is 0 Å². The summed E-state index contributed by atoms with van der Waals surface area (Å²) in [7, 11) is 0. The van der Waals surface area contributed by atoms with E-state index in [2.05, 4.69) is 5.32 Å². The van der Waals surface area contributed by atoms with Crippen LogP contribution in [0.1, 0.15) is 25.8 Å². The average molecular weight is 264 g/mol. The molecule has 0 saturated carbocycles. The van der Waals surface area contributed by atoms with Gasteiger partial charge in [-0.25, -0.2) is 0 Å². The van der Waals surface area contributed by atoms with Crippen LogP contribution < -0.4 is 15.8 Å². The van der Waals surface area contributed by atoms with Gasteiger partial charge >= 0.3 is 0 Å². The Labute approximate surface area is 115 Å². The van der Waals surface area contributed by atoms with E-state index in [1.807, 2.05) is 38.1 Å². The molecule has 0 aliphatic rings. The number of rotatable bonds is 8. The highest BCUT2D eigenvalue weighted by Gasteiger charge is 2.04. The Bertz CT molecular complexity index is 376. The van der Waals surface area contributed by atoms with Crippen molar-refractivity contribution >= 4 is 5.91 Å². The van der Waals surface area contributed by atoms with Crippen molar-refractivity contribution in [2.75, 3.05) is 19.7 Å². The number of hydrogen-bond acceptors (Lipinski definition) is 3. The fourth-order valence-electron chi connectivity index (χ4n) is 1.64. The second-order valence-corrected chi connectivity index (χ2v) is 4.72. The summed E-state index contributed by atoms with van der Waals surface area (Å²) in [5, 5.41) is 2.89. The molecule has 4 heteroatoms. The fraction of sp³-hybridized carbons (Fsp3) is 0.533. The van der Waals surface area contributed by atoms with Crippen molar-refractivity contribution in [1.82, 2.24) is 5.32 Å². The van der Waals surface area contributed by atoms with Crippen molar-refractivity contribution < 1.29 is 9.53 Å². The molecule has 1 aromatic carbocycles. The van der Waals surface area contributed by atoms with Gasteiger partial charge in [0.2, 0.25) is 5.91 Å². The van der Waals surface area contributed by atoms with E-state index in [0.29, 0.717) is 32.0 Å². The first-order valence-corrected chi connectivity index (χ1v) is 6.84. The summed E-state index contributed by atoms with van der Waals surface area (Å²) in [6.45, 7) is 5.90. The van der Waals surface area contributed by atoms with E-state index in [4.69, 9.17) is 10.5 Å². The van der Waals surface area contributed by atoms with Gasteiger partial charge in [-0.2, -0.15) is 0 Å². The first-order valence-electron chi connectivity index (χ1n) is 6.84. The van der Waals surface area contributed by atoms with Crippen LogP contribution in [0.5, 0.6) is 5.75 Å². The fourth-order valence-corrected chi connectivity index (χ4v) is 1.64. The molecule has 1 unspecified atom stereocenters. The first kappa shape index (κ1) is 15.5. The van der Waals surface area contributed by atoms with Crippen molar-refractivity contribution in [2.45, 2.75) is 26.7 Å². The maximum atomic E-state index is 11.6. The van der Waals surface area contributed by atoms with Crippen molar-refractivity contribution in [3.63, 3.8) is 0 Å². The van der Waals surface area contributed by atoms with Crippen LogP contribution in [0.2, 0.25) is 0 Å². The topological polar surface area (TPSA) is 64.3 Å². The normalized spacial score (nSPS) is 11.9. The zero-order valence-corrected chi connectivity index (χ0v) is 11.8. The Kier molecular flexibility index (Phi) is 6.97. The lowest BCUT2D eigenvalue weighted by atomic mass is 10.1. The number of benzene rings is 1. The molecule has 0 heterocycles. The number of carbonyl (C=O) groups excluding carboxylic acids is 1. The molecule has 0 aliphatic heterocycles. The highest BCUT2D eigenvalue weighted by Crippen LogP contribution is 2.13. The van der Waals surface area contributed by atoms with Gasteiger partial charge in [0.15, 0.2) is 0 Å². The largest absolute Gasteiger partial charge is 0.494 e. The summed E-state index contributed by atoms with van der Waals surface area (Å²) >= 11 is 0. The van der Waals surface area contributed by atoms with Crippen LogP contribution >= 0.6 is 0 Å². The Morgan fingerprint density at radius 2 is 2.05 bits per heavy atom. The molecule has 0 spiro atoms. The van der Waals surface area contributed by atoms with Gasteiger partial charge in [0, 0.05) is 13.0 Å². The highest BCUT2D eigenvalue weighted by atomic mass is 16.5. The molecule has 4 nitrogen and oxygen atoms in total. The Hall–Kier alpha value is -1.55. The van der Waals surface area contributed by atoms with Gasteiger partial charge in [0.1, 0.15) is 5.75 Å². The lowest BCUT2D eigenvalue weighted by molar-refractivity contribution is -0.121. The minimum atomic E-state index is 0.0779. The Morgan fingerprint density at radius 3 is 2.63 bits per heavy atom. The summed E-state index contributed by atoms with van der Waals surface area (Å²) < 4.78 is 5.37. The van der Waals surface area contributed by atoms with E-state index in [9.17, 15) is 4.79 Å². The lowest BCUT2D eigenvalue weighted by Gasteiger charge is -2.10. The molecule has 0 aromatic heterocycles. The van der Waals surface area contributed by atoms with Gasteiger partial charge in [-0.3, -0.25) is 4.79 Å². The van der Waals surface area contributed by atoms with Crippen LogP contribution in [0.15, 0.2) is 24.3 Å². The van der Waals surface area contributed by atoms with Crippen LogP contribution in [0, 0.1) is 5.92 Å². The molecule has 1 atom stereocenters. The molecule has 0 saturated heterocycles. The molecular weight excluding hydrogens is 240 g/mol. The second-order valence-electron chi connectivity index (χ2n) is 4.72. The smallest absolute Gasteiger partial charge is 0.220 e. The van der Waals surface area contributed by atoms with E-state index in [0.717, 1.165) is 17.7 Å². The number of hydrogen-bond donors (Lipinski definition) is 2. The molecule has 1 aromatic rings. The number of nitrogens with one attached hydrogen (secondary N) is 1. The predicted octanol–water partition coefficient (Wildman–Crippen LogP) is 1.73. The van der Waals surface area contributed by atoms with Crippen molar-refractivity contribution in [2.24, 2.45) is 11.7 Å².